The first-order chi connectivity index (χ1) is 15.9. The lowest BCUT2D eigenvalue weighted by Gasteiger charge is -2.28. The van der Waals surface area contributed by atoms with E-state index in [1.807, 2.05) is 28.8 Å². The summed E-state index contributed by atoms with van der Waals surface area (Å²) < 4.78 is 19.6. The molecule has 0 atom stereocenters. The Balaban J connectivity index is 1.73. The Kier molecular flexibility index (Phi) is 6.40. The van der Waals surface area contributed by atoms with Crippen molar-refractivity contribution in [3.8, 4) is 17.6 Å². The van der Waals surface area contributed by atoms with Gasteiger partial charge in [0.05, 0.1) is 43.4 Å². The van der Waals surface area contributed by atoms with E-state index in [1.54, 1.807) is 30.9 Å². The zero-order valence-electron chi connectivity index (χ0n) is 19.0. The SMILES string of the molecule is COc1ccc(Cn2c(=O)n([C@H]3CC[C@@H](OC(C)=O)CC3)c3ccc(C#N)cc32)cc1OC. The van der Waals surface area contributed by atoms with Gasteiger partial charge in [0.25, 0.3) is 0 Å². The highest BCUT2D eigenvalue weighted by Crippen LogP contribution is 2.33. The van der Waals surface area contributed by atoms with Crippen LogP contribution in [0.5, 0.6) is 11.5 Å². The molecule has 1 aliphatic carbocycles. The van der Waals surface area contributed by atoms with Crippen molar-refractivity contribution < 1.29 is 19.0 Å². The summed E-state index contributed by atoms with van der Waals surface area (Å²) in [5, 5.41) is 9.41. The zero-order valence-corrected chi connectivity index (χ0v) is 19.0. The molecule has 8 heteroatoms. The molecule has 2 aromatic carbocycles. The Bertz CT molecular complexity index is 1280. The first-order valence-electron chi connectivity index (χ1n) is 11.0. The fourth-order valence-corrected chi connectivity index (χ4v) is 4.67. The van der Waals surface area contributed by atoms with Gasteiger partial charge in [0.2, 0.25) is 0 Å². The van der Waals surface area contributed by atoms with Crippen LogP contribution in [0.2, 0.25) is 0 Å². The molecule has 33 heavy (non-hydrogen) atoms. The second-order valence-electron chi connectivity index (χ2n) is 8.28. The molecule has 3 aromatic rings. The van der Waals surface area contributed by atoms with E-state index in [4.69, 9.17) is 14.2 Å². The van der Waals surface area contributed by atoms with Crippen molar-refractivity contribution in [2.24, 2.45) is 0 Å². The van der Waals surface area contributed by atoms with Crippen molar-refractivity contribution in [2.75, 3.05) is 14.2 Å². The molecular formula is C25H27N3O5. The molecule has 1 heterocycles. The highest BCUT2D eigenvalue weighted by molar-refractivity contribution is 5.78. The number of fused-ring (bicyclic) bond motifs is 1. The molecule has 172 valence electrons. The van der Waals surface area contributed by atoms with Gasteiger partial charge in [0.1, 0.15) is 6.10 Å². The average molecular weight is 450 g/mol. The predicted octanol–water partition coefficient (Wildman–Crippen LogP) is 3.79. The number of carbonyl (C=O) groups excluding carboxylic acids is 1. The highest BCUT2D eigenvalue weighted by Gasteiger charge is 2.28. The van der Waals surface area contributed by atoms with Gasteiger partial charge in [0, 0.05) is 13.0 Å². The van der Waals surface area contributed by atoms with E-state index in [1.165, 1.54) is 6.92 Å². The van der Waals surface area contributed by atoms with Crippen molar-refractivity contribution in [1.82, 2.24) is 9.13 Å². The van der Waals surface area contributed by atoms with Crippen molar-refractivity contribution in [3.05, 3.63) is 58.0 Å². The Morgan fingerprint density at radius 3 is 2.39 bits per heavy atom. The number of benzene rings is 2. The fourth-order valence-electron chi connectivity index (χ4n) is 4.67. The Labute approximate surface area is 191 Å². The Morgan fingerprint density at radius 1 is 1.03 bits per heavy atom. The molecule has 0 N–H and O–H groups in total. The number of hydrogen-bond acceptors (Lipinski definition) is 6. The minimum Gasteiger partial charge on any atom is -0.493 e. The van der Waals surface area contributed by atoms with Gasteiger partial charge in [-0.05, 0) is 61.6 Å². The van der Waals surface area contributed by atoms with Gasteiger partial charge in [-0.25, -0.2) is 4.79 Å². The third-order valence-corrected chi connectivity index (χ3v) is 6.22. The van der Waals surface area contributed by atoms with E-state index in [-0.39, 0.29) is 23.8 Å². The molecule has 0 aliphatic heterocycles. The maximum absolute atomic E-state index is 13.6. The fraction of sp³-hybridized carbons (Fsp3) is 0.400. The molecule has 0 amide bonds. The summed E-state index contributed by atoms with van der Waals surface area (Å²) in [6, 6.07) is 13.1. The normalized spacial score (nSPS) is 18.0. The lowest BCUT2D eigenvalue weighted by Crippen LogP contribution is -2.32. The molecule has 0 saturated heterocycles. The van der Waals surface area contributed by atoms with Crippen LogP contribution >= 0.6 is 0 Å². The third kappa shape index (κ3) is 4.44. The van der Waals surface area contributed by atoms with Crippen LogP contribution in [0.3, 0.4) is 0 Å². The Hall–Kier alpha value is -3.73. The second kappa shape index (κ2) is 9.41. The number of carbonyl (C=O) groups is 1. The highest BCUT2D eigenvalue weighted by atomic mass is 16.5. The van der Waals surface area contributed by atoms with E-state index in [0.29, 0.717) is 23.6 Å². The number of hydrogen-bond donors (Lipinski definition) is 0. The first kappa shape index (κ1) is 22.5. The van der Waals surface area contributed by atoms with E-state index >= 15 is 0 Å². The number of ether oxygens (including phenoxy) is 3. The zero-order chi connectivity index (χ0) is 23.5. The topological polar surface area (TPSA) is 95.5 Å². The number of nitriles is 1. The molecule has 0 unspecified atom stereocenters. The molecule has 8 nitrogen and oxygen atoms in total. The molecule has 4 rings (SSSR count). The predicted molar refractivity (Wildman–Crippen MR) is 123 cm³/mol. The van der Waals surface area contributed by atoms with Gasteiger partial charge in [-0.15, -0.1) is 0 Å². The number of aromatic nitrogens is 2. The van der Waals surface area contributed by atoms with Gasteiger partial charge < -0.3 is 14.2 Å². The van der Waals surface area contributed by atoms with Crippen LogP contribution in [0, 0.1) is 11.3 Å². The van der Waals surface area contributed by atoms with Crippen LogP contribution in [0.1, 0.15) is 49.8 Å². The Morgan fingerprint density at radius 2 is 1.76 bits per heavy atom. The summed E-state index contributed by atoms with van der Waals surface area (Å²) in [7, 11) is 3.15. The molecule has 0 bridgehead atoms. The summed E-state index contributed by atoms with van der Waals surface area (Å²) in [6.45, 7) is 1.76. The van der Waals surface area contributed by atoms with Crippen LogP contribution in [-0.4, -0.2) is 35.4 Å². The third-order valence-electron chi connectivity index (χ3n) is 6.22. The van der Waals surface area contributed by atoms with Gasteiger partial charge in [-0.1, -0.05) is 6.07 Å². The van der Waals surface area contributed by atoms with E-state index in [0.717, 1.165) is 42.3 Å². The maximum atomic E-state index is 13.6. The van der Waals surface area contributed by atoms with Gasteiger partial charge in [-0.3, -0.25) is 13.9 Å². The molecule has 1 aromatic heterocycles. The molecule has 0 spiro atoms. The van der Waals surface area contributed by atoms with Gasteiger partial charge in [-0.2, -0.15) is 5.26 Å². The van der Waals surface area contributed by atoms with E-state index < -0.39 is 0 Å². The first-order valence-corrected chi connectivity index (χ1v) is 11.0. The van der Waals surface area contributed by atoms with Gasteiger partial charge >= 0.3 is 11.7 Å². The monoisotopic (exact) mass is 449 g/mol. The number of imidazole rings is 1. The van der Waals surface area contributed by atoms with E-state index in [9.17, 15) is 14.9 Å². The smallest absolute Gasteiger partial charge is 0.329 e. The molecule has 1 fully saturated rings. The summed E-state index contributed by atoms with van der Waals surface area (Å²) >= 11 is 0. The summed E-state index contributed by atoms with van der Waals surface area (Å²) in [5.41, 5.74) is 2.78. The van der Waals surface area contributed by atoms with Gasteiger partial charge in [0.15, 0.2) is 11.5 Å². The number of rotatable bonds is 6. The molecular weight excluding hydrogens is 422 g/mol. The minimum absolute atomic E-state index is 0.00592. The summed E-state index contributed by atoms with van der Waals surface area (Å²) in [5.74, 6) is 0.937. The van der Waals surface area contributed by atoms with Crippen molar-refractivity contribution >= 4 is 17.0 Å². The number of esters is 1. The summed E-state index contributed by atoms with van der Waals surface area (Å²) in [6.07, 6.45) is 2.82. The second-order valence-corrected chi connectivity index (χ2v) is 8.28. The lowest BCUT2D eigenvalue weighted by atomic mass is 9.92. The van der Waals surface area contributed by atoms with Crippen molar-refractivity contribution in [2.45, 2.75) is 51.3 Å². The largest absolute Gasteiger partial charge is 0.493 e. The van der Waals surface area contributed by atoms with E-state index in [2.05, 4.69) is 6.07 Å². The standard InChI is InChI=1S/C25H27N3O5/c1-16(29)33-20-8-6-19(7-9-20)28-21-10-4-17(14-26)12-22(21)27(25(28)30)15-18-5-11-23(31-2)24(13-18)32-3/h4-5,10-13,19-20H,6-9,15H2,1-3H3/t19-,20+. The lowest BCUT2D eigenvalue weighted by molar-refractivity contribution is -0.148. The quantitative estimate of drug-likeness (QED) is 0.532. The van der Waals surface area contributed by atoms with Crippen LogP contribution in [0.25, 0.3) is 11.0 Å². The van der Waals surface area contributed by atoms with Crippen molar-refractivity contribution in [3.63, 3.8) is 0 Å². The number of methoxy groups -OCH3 is 2. The average Bonchev–Trinajstić information content (AvgIpc) is 3.09. The molecule has 1 aliphatic rings. The molecule has 0 radical (unpaired) electrons. The van der Waals surface area contributed by atoms with Crippen LogP contribution in [0.15, 0.2) is 41.2 Å². The maximum Gasteiger partial charge on any atom is 0.329 e. The molecule has 1 saturated carbocycles. The van der Waals surface area contributed by atoms with Crippen LogP contribution < -0.4 is 15.2 Å². The summed E-state index contributed by atoms with van der Waals surface area (Å²) in [4.78, 5) is 24.9. The van der Waals surface area contributed by atoms with Crippen LogP contribution in [-0.2, 0) is 16.1 Å². The van der Waals surface area contributed by atoms with Crippen LogP contribution in [0.4, 0.5) is 0 Å². The number of nitrogens with zero attached hydrogens (tertiary/aromatic N) is 3. The van der Waals surface area contributed by atoms with Crippen molar-refractivity contribution in [1.29, 1.82) is 5.26 Å². The minimum atomic E-state index is -0.272.